The van der Waals surface area contributed by atoms with Gasteiger partial charge in [0.1, 0.15) is 5.75 Å². The summed E-state index contributed by atoms with van der Waals surface area (Å²) in [6.45, 7) is 1.95. The van der Waals surface area contributed by atoms with E-state index in [-0.39, 0.29) is 0 Å². The van der Waals surface area contributed by atoms with E-state index in [0.717, 1.165) is 10.0 Å². The average molecular weight is 279 g/mol. The largest absolute Gasteiger partial charge is 0.437 e. The molecule has 0 saturated carbocycles. The Balaban J connectivity index is 2.35. The molecule has 0 radical (unpaired) electrons. The molecule has 82 valence electrons. The summed E-state index contributed by atoms with van der Waals surface area (Å²) in [4.78, 5) is 4.16. The fourth-order valence-corrected chi connectivity index (χ4v) is 1.63. The highest BCUT2D eigenvalue weighted by atomic mass is 79.9. The third-order valence-electron chi connectivity index (χ3n) is 2.16. The third kappa shape index (κ3) is 2.17. The van der Waals surface area contributed by atoms with Gasteiger partial charge in [-0.3, -0.25) is 0 Å². The molecule has 1 heterocycles. The first-order chi connectivity index (χ1) is 7.68. The van der Waals surface area contributed by atoms with Crippen molar-refractivity contribution in [2.24, 2.45) is 0 Å². The highest BCUT2D eigenvalue weighted by molar-refractivity contribution is 9.10. The Morgan fingerprint density at radius 2 is 2.06 bits per heavy atom. The fraction of sp³-hybridized carbons (Fsp3) is 0.0833. The topological polar surface area (TPSA) is 48.1 Å². The fourth-order valence-electron chi connectivity index (χ4n) is 1.29. The molecule has 0 amide bonds. The first-order valence-corrected chi connectivity index (χ1v) is 5.61. The molecule has 1 aromatic carbocycles. The van der Waals surface area contributed by atoms with Crippen LogP contribution < -0.4 is 10.5 Å². The van der Waals surface area contributed by atoms with Crippen LogP contribution in [0.3, 0.4) is 0 Å². The van der Waals surface area contributed by atoms with Crippen LogP contribution in [0.2, 0.25) is 0 Å². The van der Waals surface area contributed by atoms with E-state index in [2.05, 4.69) is 20.9 Å². The van der Waals surface area contributed by atoms with Gasteiger partial charge in [-0.15, -0.1) is 0 Å². The lowest BCUT2D eigenvalue weighted by Crippen LogP contribution is -1.93. The minimum atomic E-state index is 0.591. The number of ether oxygens (including phenoxy) is 1. The van der Waals surface area contributed by atoms with Gasteiger partial charge in [-0.1, -0.05) is 12.1 Å². The SMILES string of the molecule is Cc1cccnc1Oc1cccc(N)c1Br. The summed E-state index contributed by atoms with van der Waals surface area (Å²) in [6, 6.07) is 9.31. The van der Waals surface area contributed by atoms with Gasteiger partial charge in [0.2, 0.25) is 5.88 Å². The van der Waals surface area contributed by atoms with Gasteiger partial charge in [-0.2, -0.15) is 0 Å². The van der Waals surface area contributed by atoms with E-state index in [4.69, 9.17) is 10.5 Å². The summed E-state index contributed by atoms with van der Waals surface area (Å²) in [5.74, 6) is 1.26. The Morgan fingerprint density at radius 1 is 1.25 bits per heavy atom. The van der Waals surface area contributed by atoms with Crippen LogP contribution in [0.1, 0.15) is 5.56 Å². The lowest BCUT2D eigenvalue weighted by atomic mass is 10.3. The number of halogens is 1. The Kier molecular flexibility index (Phi) is 3.10. The van der Waals surface area contributed by atoms with Crippen molar-refractivity contribution in [2.45, 2.75) is 6.92 Å². The van der Waals surface area contributed by atoms with E-state index in [1.165, 1.54) is 0 Å². The highest BCUT2D eigenvalue weighted by Crippen LogP contribution is 2.33. The summed E-state index contributed by atoms with van der Waals surface area (Å²) < 4.78 is 6.43. The zero-order chi connectivity index (χ0) is 11.5. The van der Waals surface area contributed by atoms with Crippen LogP contribution in [0, 0.1) is 6.92 Å². The van der Waals surface area contributed by atoms with Crippen LogP contribution in [0.15, 0.2) is 41.0 Å². The predicted molar refractivity (Wildman–Crippen MR) is 67.6 cm³/mol. The average Bonchev–Trinajstić information content (AvgIpc) is 2.28. The minimum Gasteiger partial charge on any atom is -0.437 e. The van der Waals surface area contributed by atoms with Gasteiger partial charge in [-0.25, -0.2) is 4.98 Å². The molecule has 0 unspecified atom stereocenters. The number of benzene rings is 1. The molecule has 0 atom stereocenters. The third-order valence-corrected chi connectivity index (χ3v) is 3.01. The monoisotopic (exact) mass is 278 g/mol. The van der Waals surface area contributed by atoms with Crippen molar-refractivity contribution < 1.29 is 4.74 Å². The molecule has 2 N–H and O–H groups in total. The van der Waals surface area contributed by atoms with Crippen LogP contribution in [0.25, 0.3) is 0 Å². The zero-order valence-electron chi connectivity index (χ0n) is 8.77. The van der Waals surface area contributed by atoms with E-state index in [1.54, 1.807) is 6.20 Å². The van der Waals surface area contributed by atoms with E-state index in [1.807, 2.05) is 37.3 Å². The number of aromatic nitrogens is 1. The summed E-state index contributed by atoms with van der Waals surface area (Å²) in [5, 5.41) is 0. The second kappa shape index (κ2) is 4.53. The van der Waals surface area contributed by atoms with Crippen LogP contribution in [-0.4, -0.2) is 4.98 Å². The van der Waals surface area contributed by atoms with E-state index in [9.17, 15) is 0 Å². The first-order valence-electron chi connectivity index (χ1n) is 4.82. The Labute approximate surface area is 102 Å². The lowest BCUT2D eigenvalue weighted by Gasteiger charge is -2.09. The van der Waals surface area contributed by atoms with Gasteiger partial charge in [-0.05, 0) is 41.1 Å². The van der Waals surface area contributed by atoms with Crippen LogP contribution in [-0.2, 0) is 0 Å². The Morgan fingerprint density at radius 3 is 2.81 bits per heavy atom. The molecule has 0 saturated heterocycles. The molecule has 0 aliphatic carbocycles. The second-order valence-electron chi connectivity index (χ2n) is 3.39. The number of hydrogen-bond donors (Lipinski definition) is 1. The van der Waals surface area contributed by atoms with Gasteiger partial charge in [0, 0.05) is 17.4 Å². The molecule has 16 heavy (non-hydrogen) atoms. The second-order valence-corrected chi connectivity index (χ2v) is 4.18. The van der Waals surface area contributed by atoms with Crippen molar-refractivity contribution >= 4 is 21.6 Å². The normalized spacial score (nSPS) is 10.1. The lowest BCUT2D eigenvalue weighted by molar-refractivity contribution is 0.456. The van der Waals surface area contributed by atoms with Gasteiger partial charge >= 0.3 is 0 Å². The molecule has 1 aromatic heterocycles. The van der Waals surface area contributed by atoms with Crippen molar-refractivity contribution in [1.29, 1.82) is 0 Å². The number of anilines is 1. The number of hydrogen-bond acceptors (Lipinski definition) is 3. The number of aryl methyl sites for hydroxylation is 1. The number of nitrogen functional groups attached to an aromatic ring is 1. The minimum absolute atomic E-state index is 0.591. The zero-order valence-corrected chi connectivity index (χ0v) is 10.4. The van der Waals surface area contributed by atoms with Crippen molar-refractivity contribution in [1.82, 2.24) is 4.98 Å². The molecule has 0 aliphatic heterocycles. The van der Waals surface area contributed by atoms with Gasteiger partial charge in [0.25, 0.3) is 0 Å². The molecular weight excluding hydrogens is 268 g/mol. The van der Waals surface area contributed by atoms with Crippen LogP contribution >= 0.6 is 15.9 Å². The van der Waals surface area contributed by atoms with E-state index in [0.29, 0.717) is 17.3 Å². The standard InChI is InChI=1S/C12H11BrN2O/c1-8-4-3-7-15-12(8)16-10-6-2-5-9(14)11(10)13/h2-7H,14H2,1H3. The van der Waals surface area contributed by atoms with Crippen LogP contribution in [0.5, 0.6) is 11.6 Å². The molecule has 2 aromatic rings. The van der Waals surface area contributed by atoms with Gasteiger partial charge < -0.3 is 10.5 Å². The molecule has 2 rings (SSSR count). The predicted octanol–water partition coefficient (Wildman–Crippen LogP) is 3.53. The maximum atomic E-state index is 5.77. The van der Waals surface area contributed by atoms with Crippen molar-refractivity contribution in [3.63, 3.8) is 0 Å². The molecule has 4 heteroatoms. The Hall–Kier alpha value is -1.55. The number of pyridine rings is 1. The van der Waals surface area contributed by atoms with Gasteiger partial charge in [0.05, 0.1) is 4.47 Å². The summed E-state index contributed by atoms with van der Waals surface area (Å²) in [6.07, 6.45) is 1.70. The molecule has 0 aliphatic rings. The molecule has 0 fully saturated rings. The Bertz CT molecular complexity index is 514. The molecular formula is C12H11BrN2O. The number of rotatable bonds is 2. The maximum absolute atomic E-state index is 5.77. The van der Waals surface area contributed by atoms with Crippen molar-refractivity contribution in [2.75, 3.05) is 5.73 Å². The molecule has 0 bridgehead atoms. The van der Waals surface area contributed by atoms with Crippen LogP contribution in [0.4, 0.5) is 5.69 Å². The first kappa shape index (κ1) is 11.0. The van der Waals surface area contributed by atoms with E-state index >= 15 is 0 Å². The quantitative estimate of drug-likeness (QED) is 0.855. The summed E-state index contributed by atoms with van der Waals surface area (Å²) in [7, 11) is 0. The van der Waals surface area contributed by atoms with Gasteiger partial charge in [0.15, 0.2) is 0 Å². The smallest absolute Gasteiger partial charge is 0.222 e. The summed E-state index contributed by atoms with van der Waals surface area (Å²) >= 11 is 3.38. The van der Waals surface area contributed by atoms with E-state index < -0.39 is 0 Å². The molecule has 3 nitrogen and oxygen atoms in total. The highest BCUT2D eigenvalue weighted by Gasteiger charge is 2.07. The maximum Gasteiger partial charge on any atom is 0.222 e. The number of nitrogens with zero attached hydrogens (tertiary/aromatic N) is 1. The number of nitrogens with two attached hydrogens (primary N) is 1. The summed E-state index contributed by atoms with van der Waals surface area (Å²) in [5.41, 5.74) is 7.39. The van der Waals surface area contributed by atoms with Crippen molar-refractivity contribution in [3.05, 3.63) is 46.6 Å². The molecule has 0 spiro atoms. The van der Waals surface area contributed by atoms with Crippen molar-refractivity contribution in [3.8, 4) is 11.6 Å².